The second-order valence-electron chi connectivity index (χ2n) is 4.95. The standard InChI is InChI=1S/C13H16BrN5O/c1-9-16-13(20-17-9)12-8-19(6-5-18(12)2)11-3-4-15-7-10(11)14/h3-4,7,12H,5-6,8H2,1-2H3/t12-/m1/s1. The number of halogens is 1. The van der Waals surface area contributed by atoms with Gasteiger partial charge in [0.15, 0.2) is 5.82 Å². The number of pyridine rings is 1. The molecule has 2 aromatic rings. The summed E-state index contributed by atoms with van der Waals surface area (Å²) in [7, 11) is 2.09. The monoisotopic (exact) mass is 337 g/mol. The summed E-state index contributed by atoms with van der Waals surface area (Å²) in [5.41, 5.74) is 1.15. The SMILES string of the molecule is Cc1noc([C@H]2CN(c3ccncc3Br)CCN2C)n1. The molecule has 106 valence electrons. The molecule has 0 aliphatic carbocycles. The zero-order valence-corrected chi connectivity index (χ0v) is 13.0. The van der Waals surface area contributed by atoms with Gasteiger partial charge < -0.3 is 9.42 Å². The van der Waals surface area contributed by atoms with Gasteiger partial charge in [-0.2, -0.15) is 4.98 Å². The molecule has 0 saturated carbocycles. The van der Waals surface area contributed by atoms with E-state index in [-0.39, 0.29) is 6.04 Å². The van der Waals surface area contributed by atoms with Crippen LogP contribution >= 0.6 is 15.9 Å². The first kappa shape index (κ1) is 13.5. The van der Waals surface area contributed by atoms with Crippen LogP contribution in [0.4, 0.5) is 5.69 Å². The summed E-state index contributed by atoms with van der Waals surface area (Å²) in [4.78, 5) is 13.0. The van der Waals surface area contributed by atoms with Crippen molar-refractivity contribution in [3.63, 3.8) is 0 Å². The van der Waals surface area contributed by atoms with Crippen molar-refractivity contribution in [2.75, 3.05) is 31.6 Å². The van der Waals surface area contributed by atoms with E-state index in [1.807, 2.05) is 25.4 Å². The molecule has 7 heteroatoms. The van der Waals surface area contributed by atoms with Crippen molar-refractivity contribution in [1.82, 2.24) is 20.0 Å². The van der Waals surface area contributed by atoms with Crippen molar-refractivity contribution in [1.29, 1.82) is 0 Å². The molecule has 0 unspecified atom stereocenters. The molecule has 3 heterocycles. The van der Waals surface area contributed by atoms with Crippen molar-refractivity contribution < 1.29 is 4.52 Å². The molecule has 1 saturated heterocycles. The summed E-state index contributed by atoms with van der Waals surface area (Å²) in [5, 5.41) is 3.89. The van der Waals surface area contributed by atoms with Crippen LogP contribution in [0.2, 0.25) is 0 Å². The highest BCUT2D eigenvalue weighted by Crippen LogP contribution is 2.30. The Bertz CT molecular complexity index is 602. The van der Waals surface area contributed by atoms with Crippen molar-refractivity contribution in [2.24, 2.45) is 0 Å². The van der Waals surface area contributed by atoms with Gasteiger partial charge in [0, 0.05) is 32.0 Å². The Morgan fingerprint density at radius 1 is 1.40 bits per heavy atom. The van der Waals surface area contributed by atoms with Crippen molar-refractivity contribution in [3.8, 4) is 0 Å². The van der Waals surface area contributed by atoms with Crippen LogP contribution < -0.4 is 4.90 Å². The Morgan fingerprint density at radius 3 is 2.95 bits per heavy atom. The normalized spacial score (nSPS) is 20.4. The Labute approximate surface area is 125 Å². The molecule has 1 fully saturated rings. The Kier molecular flexibility index (Phi) is 3.71. The van der Waals surface area contributed by atoms with Gasteiger partial charge >= 0.3 is 0 Å². The lowest BCUT2D eigenvalue weighted by atomic mass is 10.1. The number of hydrogen-bond donors (Lipinski definition) is 0. The van der Waals surface area contributed by atoms with Gasteiger partial charge in [0.05, 0.1) is 10.2 Å². The van der Waals surface area contributed by atoms with Crippen LogP contribution in [0.1, 0.15) is 17.8 Å². The number of piperazine rings is 1. The van der Waals surface area contributed by atoms with Gasteiger partial charge in [0.25, 0.3) is 0 Å². The summed E-state index contributed by atoms with van der Waals surface area (Å²) in [6, 6.07) is 2.14. The lowest BCUT2D eigenvalue weighted by Crippen LogP contribution is -2.47. The first-order valence-electron chi connectivity index (χ1n) is 6.50. The Morgan fingerprint density at radius 2 is 2.25 bits per heavy atom. The molecular formula is C13H16BrN5O. The van der Waals surface area contributed by atoms with Gasteiger partial charge in [-0.15, -0.1) is 0 Å². The summed E-state index contributed by atoms with van der Waals surface area (Å²) in [6.45, 7) is 4.57. The molecule has 6 nitrogen and oxygen atoms in total. The third-order valence-corrected chi connectivity index (χ3v) is 4.18. The summed E-state index contributed by atoms with van der Waals surface area (Å²) >= 11 is 3.56. The quantitative estimate of drug-likeness (QED) is 0.835. The molecule has 1 aliphatic heterocycles. The number of nitrogens with zero attached hydrogens (tertiary/aromatic N) is 5. The summed E-state index contributed by atoms with van der Waals surface area (Å²) in [5.74, 6) is 1.36. The van der Waals surface area contributed by atoms with E-state index in [0.29, 0.717) is 11.7 Å². The minimum Gasteiger partial charge on any atom is -0.367 e. The lowest BCUT2D eigenvalue weighted by molar-refractivity contribution is 0.177. The van der Waals surface area contributed by atoms with E-state index < -0.39 is 0 Å². The molecule has 0 N–H and O–H groups in total. The van der Waals surface area contributed by atoms with E-state index in [9.17, 15) is 0 Å². The molecular weight excluding hydrogens is 322 g/mol. The van der Waals surface area contributed by atoms with Crippen LogP contribution in [-0.2, 0) is 0 Å². The van der Waals surface area contributed by atoms with Gasteiger partial charge in [-0.1, -0.05) is 5.16 Å². The van der Waals surface area contributed by atoms with E-state index in [2.05, 4.69) is 47.9 Å². The highest BCUT2D eigenvalue weighted by Gasteiger charge is 2.30. The predicted molar refractivity (Wildman–Crippen MR) is 78.6 cm³/mol. The summed E-state index contributed by atoms with van der Waals surface area (Å²) in [6.07, 6.45) is 3.63. The largest absolute Gasteiger partial charge is 0.367 e. The maximum atomic E-state index is 5.34. The van der Waals surface area contributed by atoms with Crippen LogP contribution in [-0.4, -0.2) is 46.7 Å². The van der Waals surface area contributed by atoms with Crippen molar-refractivity contribution >= 4 is 21.6 Å². The topological polar surface area (TPSA) is 58.3 Å². The molecule has 0 aromatic carbocycles. The molecule has 2 aromatic heterocycles. The first-order valence-corrected chi connectivity index (χ1v) is 7.29. The van der Waals surface area contributed by atoms with E-state index in [1.165, 1.54) is 0 Å². The van der Waals surface area contributed by atoms with Crippen LogP contribution in [0.5, 0.6) is 0 Å². The van der Waals surface area contributed by atoms with Gasteiger partial charge in [0.1, 0.15) is 6.04 Å². The van der Waals surface area contributed by atoms with E-state index >= 15 is 0 Å². The number of aromatic nitrogens is 3. The highest BCUT2D eigenvalue weighted by molar-refractivity contribution is 9.10. The fraction of sp³-hybridized carbons (Fsp3) is 0.462. The third-order valence-electron chi connectivity index (χ3n) is 3.57. The molecule has 0 spiro atoms. The zero-order valence-electron chi connectivity index (χ0n) is 11.5. The van der Waals surface area contributed by atoms with Crippen LogP contribution in [0.3, 0.4) is 0 Å². The smallest absolute Gasteiger partial charge is 0.245 e. The number of anilines is 1. The summed E-state index contributed by atoms with van der Waals surface area (Å²) < 4.78 is 6.34. The van der Waals surface area contributed by atoms with Crippen molar-refractivity contribution in [3.05, 3.63) is 34.6 Å². The fourth-order valence-electron chi connectivity index (χ4n) is 2.43. The van der Waals surface area contributed by atoms with Gasteiger partial charge in [-0.3, -0.25) is 9.88 Å². The van der Waals surface area contributed by atoms with Gasteiger partial charge in [-0.25, -0.2) is 0 Å². The number of likely N-dealkylation sites (N-methyl/N-ethyl adjacent to an activating group) is 1. The molecule has 1 atom stereocenters. The van der Waals surface area contributed by atoms with Crippen LogP contribution in [0, 0.1) is 6.92 Å². The second-order valence-corrected chi connectivity index (χ2v) is 5.80. The van der Waals surface area contributed by atoms with E-state index in [4.69, 9.17) is 4.52 Å². The van der Waals surface area contributed by atoms with Gasteiger partial charge in [-0.05, 0) is 36.0 Å². The minimum atomic E-state index is 0.116. The molecule has 0 amide bonds. The molecule has 0 bridgehead atoms. The number of hydrogen-bond acceptors (Lipinski definition) is 6. The Balaban J connectivity index is 1.85. The van der Waals surface area contributed by atoms with Crippen LogP contribution in [0.15, 0.2) is 27.5 Å². The van der Waals surface area contributed by atoms with Gasteiger partial charge in [0.2, 0.25) is 5.89 Å². The maximum Gasteiger partial charge on any atom is 0.245 e. The highest BCUT2D eigenvalue weighted by atomic mass is 79.9. The van der Waals surface area contributed by atoms with Crippen LogP contribution in [0.25, 0.3) is 0 Å². The molecule has 1 aliphatic rings. The van der Waals surface area contributed by atoms with E-state index in [1.54, 1.807) is 0 Å². The van der Waals surface area contributed by atoms with Crippen molar-refractivity contribution in [2.45, 2.75) is 13.0 Å². The lowest BCUT2D eigenvalue weighted by Gasteiger charge is -2.39. The number of rotatable bonds is 2. The Hall–Kier alpha value is -1.47. The number of aryl methyl sites for hydroxylation is 1. The van der Waals surface area contributed by atoms with E-state index in [0.717, 1.165) is 29.8 Å². The molecule has 20 heavy (non-hydrogen) atoms. The average Bonchev–Trinajstić information content (AvgIpc) is 2.87. The fourth-order valence-corrected chi connectivity index (χ4v) is 2.93. The minimum absolute atomic E-state index is 0.116. The molecule has 0 radical (unpaired) electrons. The first-order chi connectivity index (χ1) is 9.65. The second kappa shape index (κ2) is 5.49. The maximum absolute atomic E-state index is 5.34. The zero-order chi connectivity index (χ0) is 14.1. The molecule has 3 rings (SSSR count). The average molecular weight is 338 g/mol. The third kappa shape index (κ3) is 2.55. The predicted octanol–water partition coefficient (Wildman–Crippen LogP) is 2.03.